The SMILES string of the molecule is COc1cccc(N=Nc2c(C)c(C#N)c(O)n(CCc3ccc(OC)c(OC)c3)c2=O)c1. The fourth-order valence-corrected chi connectivity index (χ4v) is 3.32. The monoisotopic (exact) mass is 448 g/mol. The van der Waals surface area contributed by atoms with Gasteiger partial charge in [-0.2, -0.15) is 10.4 Å². The summed E-state index contributed by atoms with van der Waals surface area (Å²) in [5.41, 5.74) is 1.01. The summed E-state index contributed by atoms with van der Waals surface area (Å²) >= 11 is 0. The lowest BCUT2D eigenvalue weighted by Gasteiger charge is -2.14. The lowest BCUT2D eigenvalue weighted by Crippen LogP contribution is -2.23. The number of nitrogens with zero attached hydrogens (tertiary/aromatic N) is 4. The Balaban J connectivity index is 1.98. The third-order valence-electron chi connectivity index (χ3n) is 5.16. The van der Waals surface area contributed by atoms with Crippen LogP contribution in [0.2, 0.25) is 0 Å². The van der Waals surface area contributed by atoms with Gasteiger partial charge < -0.3 is 19.3 Å². The van der Waals surface area contributed by atoms with Crippen molar-refractivity contribution in [2.45, 2.75) is 19.9 Å². The molecule has 0 fully saturated rings. The minimum absolute atomic E-state index is 0.0144. The maximum Gasteiger partial charge on any atom is 0.281 e. The second-order valence-electron chi connectivity index (χ2n) is 7.08. The van der Waals surface area contributed by atoms with E-state index in [2.05, 4.69) is 10.2 Å². The zero-order chi connectivity index (χ0) is 24.0. The molecule has 0 aliphatic carbocycles. The summed E-state index contributed by atoms with van der Waals surface area (Å²) in [6.45, 7) is 1.68. The standard InChI is InChI=1S/C24H24N4O5/c1-15-19(14-25)23(29)28(11-10-16-8-9-20(32-3)21(12-16)33-4)24(30)22(15)27-26-17-6-5-7-18(13-17)31-2/h5-9,12-13,29H,10-11H2,1-4H3. The minimum Gasteiger partial charge on any atom is -0.497 e. The molecular weight excluding hydrogens is 424 g/mol. The van der Waals surface area contributed by atoms with Gasteiger partial charge in [-0.1, -0.05) is 12.1 Å². The van der Waals surface area contributed by atoms with Crippen LogP contribution in [-0.4, -0.2) is 31.0 Å². The van der Waals surface area contributed by atoms with Crippen LogP contribution >= 0.6 is 0 Å². The maximum absolute atomic E-state index is 13.1. The molecule has 33 heavy (non-hydrogen) atoms. The molecule has 2 aromatic carbocycles. The summed E-state index contributed by atoms with van der Waals surface area (Å²) in [4.78, 5) is 13.1. The Morgan fingerprint density at radius 2 is 1.79 bits per heavy atom. The van der Waals surface area contributed by atoms with Gasteiger partial charge >= 0.3 is 0 Å². The van der Waals surface area contributed by atoms with E-state index >= 15 is 0 Å². The Labute approximate surface area is 191 Å². The molecule has 0 aliphatic heterocycles. The molecule has 0 saturated heterocycles. The normalized spacial score (nSPS) is 10.8. The van der Waals surface area contributed by atoms with E-state index in [0.29, 0.717) is 29.4 Å². The molecule has 9 nitrogen and oxygen atoms in total. The average Bonchev–Trinajstić information content (AvgIpc) is 2.84. The molecule has 9 heteroatoms. The van der Waals surface area contributed by atoms with E-state index in [1.165, 1.54) is 14.2 Å². The van der Waals surface area contributed by atoms with Crippen molar-refractivity contribution >= 4 is 11.4 Å². The van der Waals surface area contributed by atoms with Crippen LogP contribution in [-0.2, 0) is 13.0 Å². The van der Waals surface area contributed by atoms with Crippen molar-refractivity contribution in [1.29, 1.82) is 5.26 Å². The number of azo groups is 1. The summed E-state index contributed by atoms with van der Waals surface area (Å²) in [7, 11) is 4.62. The highest BCUT2D eigenvalue weighted by Gasteiger charge is 2.19. The summed E-state index contributed by atoms with van der Waals surface area (Å²) in [5, 5.41) is 28.4. The molecular formula is C24H24N4O5. The molecule has 0 aliphatic rings. The maximum atomic E-state index is 13.1. The van der Waals surface area contributed by atoms with Gasteiger partial charge in [0.15, 0.2) is 17.2 Å². The van der Waals surface area contributed by atoms with Gasteiger partial charge in [0.2, 0.25) is 5.88 Å². The summed E-state index contributed by atoms with van der Waals surface area (Å²) in [6.07, 6.45) is 0.397. The Bertz CT molecular complexity index is 1290. The number of ether oxygens (including phenoxy) is 3. The van der Waals surface area contributed by atoms with Crippen LogP contribution in [0.25, 0.3) is 0 Å². The van der Waals surface area contributed by atoms with Gasteiger partial charge in [0.05, 0.1) is 27.0 Å². The molecule has 0 spiro atoms. The molecule has 0 bridgehead atoms. The fraction of sp³-hybridized carbons (Fsp3) is 0.250. The van der Waals surface area contributed by atoms with Crippen molar-refractivity contribution in [2.75, 3.05) is 21.3 Å². The Morgan fingerprint density at radius 1 is 1.03 bits per heavy atom. The van der Waals surface area contributed by atoms with Crippen LogP contribution in [0, 0.1) is 18.3 Å². The lowest BCUT2D eigenvalue weighted by molar-refractivity contribution is 0.354. The van der Waals surface area contributed by atoms with Crippen molar-refractivity contribution in [3.8, 4) is 29.2 Å². The van der Waals surface area contributed by atoms with Gasteiger partial charge in [0.1, 0.15) is 17.4 Å². The first-order valence-electron chi connectivity index (χ1n) is 10.1. The van der Waals surface area contributed by atoms with Crippen molar-refractivity contribution in [1.82, 2.24) is 4.57 Å². The number of methoxy groups -OCH3 is 3. The first-order chi connectivity index (χ1) is 15.9. The Hall–Kier alpha value is -4.32. The number of aromatic nitrogens is 1. The van der Waals surface area contributed by atoms with Crippen LogP contribution in [0.5, 0.6) is 23.1 Å². The Morgan fingerprint density at radius 3 is 2.45 bits per heavy atom. The van der Waals surface area contributed by atoms with Gasteiger partial charge in [0.25, 0.3) is 5.56 Å². The van der Waals surface area contributed by atoms with E-state index < -0.39 is 11.4 Å². The highest BCUT2D eigenvalue weighted by atomic mass is 16.5. The summed E-state index contributed by atoms with van der Waals surface area (Å²) in [6, 6.07) is 14.2. The van der Waals surface area contributed by atoms with E-state index in [1.807, 2.05) is 12.1 Å². The molecule has 0 amide bonds. The smallest absolute Gasteiger partial charge is 0.281 e. The third-order valence-corrected chi connectivity index (χ3v) is 5.16. The highest BCUT2D eigenvalue weighted by molar-refractivity contribution is 5.57. The van der Waals surface area contributed by atoms with Crippen molar-refractivity contribution in [3.63, 3.8) is 0 Å². The predicted molar refractivity (Wildman–Crippen MR) is 122 cm³/mol. The van der Waals surface area contributed by atoms with E-state index in [0.717, 1.165) is 10.1 Å². The van der Waals surface area contributed by atoms with Crippen LogP contribution in [0.1, 0.15) is 16.7 Å². The topological polar surface area (TPSA) is 118 Å². The van der Waals surface area contributed by atoms with Gasteiger partial charge in [-0.25, -0.2) is 0 Å². The van der Waals surface area contributed by atoms with Crippen molar-refractivity contribution in [3.05, 3.63) is 69.5 Å². The molecule has 3 rings (SSSR count). The summed E-state index contributed by atoms with van der Waals surface area (Å²) < 4.78 is 16.9. The second kappa shape index (κ2) is 10.3. The number of hydrogen-bond acceptors (Lipinski definition) is 8. The first kappa shape index (κ1) is 23.3. The largest absolute Gasteiger partial charge is 0.497 e. The molecule has 0 saturated carbocycles. The van der Waals surface area contributed by atoms with Crippen LogP contribution in [0.3, 0.4) is 0 Å². The number of nitriles is 1. The molecule has 0 atom stereocenters. The molecule has 1 N–H and O–H groups in total. The molecule has 3 aromatic rings. The van der Waals surface area contributed by atoms with E-state index in [1.54, 1.807) is 50.4 Å². The molecule has 0 unspecified atom stereocenters. The predicted octanol–water partition coefficient (Wildman–Crippen LogP) is 4.42. The van der Waals surface area contributed by atoms with Crippen LogP contribution in [0.15, 0.2) is 57.5 Å². The third kappa shape index (κ3) is 4.96. The van der Waals surface area contributed by atoms with Crippen molar-refractivity contribution in [2.24, 2.45) is 10.2 Å². The number of benzene rings is 2. The highest BCUT2D eigenvalue weighted by Crippen LogP contribution is 2.30. The second-order valence-corrected chi connectivity index (χ2v) is 7.08. The quantitative estimate of drug-likeness (QED) is 0.510. The zero-order valence-electron chi connectivity index (χ0n) is 18.8. The molecule has 1 aromatic heterocycles. The molecule has 0 radical (unpaired) electrons. The molecule has 170 valence electrons. The van der Waals surface area contributed by atoms with E-state index in [-0.39, 0.29) is 23.4 Å². The minimum atomic E-state index is -0.545. The van der Waals surface area contributed by atoms with E-state index in [4.69, 9.17) is 14.2 Å². The molecule has 1 heterocycles. The van der Waals surface area contributed by atoms with Crippen molar-refractivity contribution < 1.29 is 19.3 Å². The number of rotatable bonds is 8. The van der Waals surface area contributed by atoms with Gasteiger partial charge in [-0.05, 0) is 43.2 Å². The van der Waals surface area contributed by atoms with Gasteiger partial charge in [-0.3, -0.25) is 9.36 Å². The lowest BCUT2D eigenvalue weighted by atomic mass is 10.1. The number of aromatic hydroxyl groups is 1. The summed E-state index contributed by atoms with van der Waals surface area (Å²) in [5.74, 6) is 1.34. The van der Waals surface area contributed by atoms with Crippen LogP contribution < -0.4 is 19.8 Å². The number of aryl methyl sites for hydroxylation is 1. The van der Waals surface area contributed by atoms with E-state index in [9.17, 15) is 15.2 Å². The Kier molecular flexibility index (Phi) is 7.31. The first-order valence-corrected chi connectivity index (χ1v) is 10.1. The number of pyridine rings is 1. The van der Waals surface area contributed by atoms with Gasteiger partial charge in [-0.15, -0.1) is 5.11 Å². The fourth-order valence-electron chi connectivity index (χ4n) is 3.32. The zero-order valence-corrected chi connectivity index (χ0v) is 18.8. The van der Waals surface area contributed by atoms with Gasteiger partial charge in [0, 0.05) is 18.2 Å². The number of hydrogen-bond donors (Lipinski definition) is 1. The van der Waals surface area contributed by atoms with Crippen LogP contribution in [0.4, 0.5) is 11.4 Å². The average molecular weight is 448 g/mol.